The van der Waals surface area contributed by atoms with Crippen molar-refractivity contribution in [2.45, 2.75) is 49.5 Å². The minimum Gasteiger partial charge on any atom is -0.445 e. The summed E-state index contributed by atoms with van der Waals surface area (Å²) in [4.78, 5) is 27.5. The van der Waals surface area contributed by atoms with E-state index >= 15 is 0 Å². The fourth-order valence-corrected chi connectivity index (χ4v) is 7.48. The average molecular weight is 732 g/mol. The maximum atomic E-state index is 14.6. The van der Waals surface area contributed by atoms with Crippen LogP contribution in [0.25, 0.3) is 33.7 Å². The molecule has 1 N–H and O–H groups in total. The van der Waals surface area contributed by atoms with Crippen molar-refractivity contribution in [1.82, 2.24) is 38.8 Å². The molecule has 1 aliphatic heterocycles. The zero-order valence-electron chi connectivity index (χ0n) is 27.9. The number of piperidine rings is 1. The number of rotatable bonds is 8. The molecule has 1 aliphatic rings. The van der Waals surface area contributed by atoms with E-state index in [4.69, 9.17) is 4.74 Å². The van der Waals surface area contributed by atoms with Gasteiger partial charge in [-0.25, -0.2) is 36.8 Å². The Balaban J connectivity index is 1.26. The molecule has 268 valence electrons. The van der Waals surface area contributed by atoms with Crippen molar-refractivity contribution in [2.24, 2.45) is 7.05 Å². The molecule has 0 saturated carbocycles. The number of pyridine rings is 1. The van der Waals surface area contributed by atoms with Gasteiger partial charge in [-0.2, -0.15) is 13.2 Å². The molecule has 6 aromatic rings. The number of carbonyl (C=O) groups excluding carboxylic acids is 1. The van der Waals surface area contributed by atoms with E-state index in [0.29, 0.717) is 30.4 Å². The highest BCUT2D eigenvalue weighted by atomic mass is 32.2. The molecule has 7 rings (SSSR count). The summed E-state index contributed by atoms with van der Waals surface area (Å²) in [5.74, 6) is -0.127. The quantitative estimate of drug-likeness (QED) is 0.193. The van der Waals surface area contributed by atoms with Crippen LogP contribution in [0.15, 0.2) is 96.3 Å². The van der Waals surface area contributed by atoms with Crippen LogP contribution in [0.3, 0.4) is 0 Å². The number of hydrogen-bond acceptors (Lipinski definition) is 10. The Morgan fingerprint density at radius 1 is 0.981 bits per heavy atom. The molecule has 5 heterocycles. The van der Waals surface area contributed by atoms with Gasteiger partial charge >= 0.3 is 12.3 Å². The van der Waals surface area contributed by atoms with Crippen LogP contribution in [0.4, 0.5) is 23.9 Å². The highest BCUT2D eigenvalue weighted by molar-refractivity contribution is 7.90. The maximum absolute atomic E-state index is 14.6. The van der Waals surface area contributed by atoms with Crippen molar-refractivity contribution < 1.29 is 31.1 Å². The molecular formula is C35H32F3N9O4S. The van der Waals surface area contributed by atoms with E-state index in [1.54, 1.807) is 36.2 Å². The lowest BCUT2D eigenvalue weighted by molar-refractivity contribution is -0.137. The molecule has 52 heavy (non-hydrogen) atoms. The largest absolute Gasteiger partial charge is 0.445 e. The monoisotopic (exact) mass is 731 g/mol. The first kappa shape index (κ1) is 34.6. The van der Waals surface area contributed by atoms with Gasteiger partial charge in [0.25, 0.3) is 10.0 Å². The second-order valence-corrected chi connectivity index (χ2v) is 14.2. The van der Waals surface area contributed by atoms with E-state index in [9.17, 15) is 26.4 Å². The van der Waals surface area contributed by atoms with E-state index in [0.717, 1.165) is 15.7 Å². The van der Waals surface area contributed by atoms with Gasteiger partial charge in [0.1, 0.15) is 17.9 Å². The average Bonchev–Trinajstić information content (AvgIpc) is 3.75. The Hall–Kier alpha value is -5.84. The Morgan fingerprint density at radius 3 is 2.40 bits per heavy atom. The zero-order valence-corrected chi connectivity index (χ0v) is 28.7. The SMILES string of the molecule is C[C@H]1CC[C@H](Nc2ncc(C(F)(F)F)c(-c3cn(S(=O)(=O)c4ccccc4)c4nc(-c5cnnn5C)ccc34)n2)CN1C(=O)OCc1ccccc1. The van der Waals surface area contributed by atoms with Crippen LogP contribution in [0.1, 0.15) is 30.9 Å². The number of anilines is 1. The normalized spacial score (nSPS) is 16.6. The molecule has 0 bridgehead atoms. The van der Waals surface area contributed by atoms with Gasteiger partial charge in [0.2, 0.25) is 5.95 Å². The minimum absolute atomic E-state index is 0.0904. The fourth-order valence-electron chi connectivity index (χ4n) is 6.14. The second-order valence-electron chi connectivity index (χ2n) is 12.4. The molecule has 0 unspecified atom stereocenters. The molecule has 1 saturated heterocycles. The number of amides is 1. The van der Waals surface area contributed by atoms with Gasteiger partial charge in [0.15, 0.2) is 5.65 Å². The summed E-state index contributed by atoms with van der Waals surface area (Å²) in [7, 11) is -2.72. The first-order chi connectivity index (χ1) is 24.9. The molecule has 0 spiro atoms. The molecule has 1 amide bonds. The van der Waals surface area contributed by atoms with E-state index in [2.05, 4.69) is 30.6 Å². The van der Waals surface area contributed by atoms with Crippen molar-refractivity contribution in [3.8, 4) is 22.6 Å². The van der Waals surface area contributed by atoms with Crippen molar-refractivity contribution in [1.29, 1.82) is 0 Å². The van der Waals surface area contributed by atoms with Crippen LogP contribution in [0.5, 0.6) is 0 Å². The van der Waals surface area contributed by atoms with Crippen molar-refractivity contribution >= 4 is 33.1 Å². The number of carbonyl (C=O) groups is 1. The zero-order chi connectivity index (χ0) is 36.6. The Kier molecular flexibility index (Phi) is 9.12. The lowest BCUT2D eigenvalue weighted by atomic mass is 10.00. The summed E-state index contributed by atoms with van der Waals surface area (Å²) >= 11 is 0. The number of aryl methyl sites for hydroxylation is 1. The number of hydrogen-bond donors (Lipinski definition) is 1. The third kappa shape index (κ3) is 6.78. The van der Waals surface area contributed by atoms with E-state index < -0.39 is 39.6 Å². The van der Waals surface area contributed by atoms with Crippen molar-refractivity contribution in [3.63, 3.8) is 0 Å². The summed E-state index contributed by atoms with van der Waals surface area (Å²) in [6.45, 7) is 2.18. The summed E-state index contributed by atoms with van der Waals surface area (Å²) in [5.41, 5.74) is -0.373. The number of benzene rings is 2. The van der Waals surface area contributed by atoms with Crippen LogP contribution >= 0.6 is 0 Å². The maximum Gasteiger partial charge on any atom is 0.419 e. The third-order valence-corrected chi connectivity index (χ3v) is 10.6. The molecule has 2 atom stereocenters. The standard InChI is InChI=1S/C35H32F3N9O4S/c1-22-13-14-24(19-46(22)34(48)51-21-23-9-5-3-6-10-23)41-33-39-17-28(35(36,37)38)31(43-33)27-20-47(52(49,50)25-11-7-4-8-12-25)32-26(27)15-16-29(42-32)30-18-40-44-45(30)2/h3-12,15-18,20,22,24H,13-14,19,21H2,1-2H3,(H,39,41,43)/t22-,24-/m0/s1. The Bertz CT molecular complexity index is 2350. The summed E-state index contributed by atoms with van der Waals surface area (Å²) in [6.07, 6.45) is -1.04. The highest BCUT2D eigenvalue weighted by Gasteiger charge is 2.38. The van der Waals surface area contributed by atoms with E-state index in [-0.39, 0.29) is 46.6 Å². The molecule has 0 radical (unpaired) electrons. The van der Waals surface area contributed by atoms with Gasteiger partial charge in [-0.3, -0.25) is 0 Å². The summed E-state index contributed by atoms with van der Waals surface area (Å²) in [6, 6.07) is 19.2. The van der Waals surface area contributed by atoms with Gasteiger partial charge in [-0.1, -0.05) is 53.7 Å². The van der Waals surface area contributed by atoms with Crippen molar-refractivity contribution in [3.05, 3.63) is 103 Å². The van der Waals surface area contributed by atoms with Crippen LogP contribution < -0.4 is 5.32 Å². The molecule has 0 aliphatic carbocycles. The number of alkyl halides is 3. The first-order valence-corrected chi connectivity index (χ1v) is 17.7. The van der Waals surface area contributed by atoms with Gasteiger partial charge in [-0.15, -0.1) is 5.10 Å². The summed E-state index contributed by atoms with van der Waals surface area (Å²) in [5, 5.41) is 11.0. The highest BCUT2D eigenvalue weighted by Crippen LogP contribution is 2.40. The van der Waals surface area contributed by atoms with Crippen molar-refractivity contribution in [2.75, 3.05) is 11.9 Å². The van der Waals surface area contributed by atoms with Crippen LogP contribution in [0.2, 0.25) is 0 Å². The smallest absolute Gasteiger partial charge is 0.419 e. The summed E-state index contributed by atoms with van der Waals surface area (Å²) < 4.78 is 79.6. The van der Waals surface area contributed by atoms with E-state index in [1.807, 2.05) is 37.3 Å². The third-order valence-electron chi connectivity index (χ3n) is 8.90. The molecule has 17 heteroatoms. The van der Waals surface area contributed by atoms with Gasteiger partial charge < -0.3 is 15.0 Å². The molecule has 13 nitrogen and oxygen atoms in total. The van der Waals surface area contributed by atoms with Crippen LogP contribution in [-0.2, 0) is 34.6 Å². The van der Waals surface area contributed by atoms with Crippen LogP contribution in [0, 0.1) is 0 Å². The molecule has 1 fully saturated rings. The predicted molar refractivity (Wildman–Crippen MR) is 184 cm³/mol. The van der Waals surface area contributed by atoms with Crippen LogP contribution in [-0.4, -0.2) is 72.0 Å². The topological polar surface area (TPSA) is 150 Å². The lowest BCUT2D eigenvalue weighted by Crippen LogP contribution is -2.50. The predicted octanol–water partition coefficient (Wildman–Crippen LogP) is 6.15. The Morgan fingerprint density at radius 2 is 1.71 bits per heavy atom. The molecular weight excluding hydrogens is 700 g/mol. The van der Waals surface area contributed by atoms with Gasteiger partial charge in [0.05, 0.1) is 22.5 Å². The number of aromatic nitrogens is 7. The Labute approximate surface area is 296 Å². The van der Waals surface area contributed by atoms with Gasteiger partial charge in [-0.05, 0) is 49.6 Å². The number of nitrogens with zero attached hydrogens (tertiary/aromatic N) is 8. The number of ether oxygens (including phenoxy) is 1. The molecule has 2 aromatic carbocycles. The second kappa shape index (κ2) is 13.7. The number of fused-ring (bicyclic) bond motifs is 1. The van der Waals surface area contributed by atoms with Gasteiger partial charge in [0, 0.05) is 49.0 Å². The van der Waals surface area contributed by atoms with E-state index in [1.165, 1.54) is 29.1 Å². The number of nitrogens with one attached hydrogen (secondary N) is 1. The molecule has 4 aromatic heterocycles. The number of likely N-dealkylation sites (tertiary alicyclic amines) is 1. The minimum atomic E-state index is -4.89. The lowest BCUT2D eigenvalue weighted by Gasteiger charge is -2.37. The first-order valence-electron chi connectivity index (χ1n) is 16.3. The fraction of sp³-hybridized carbons (Fsp3) is 0.257. The number of halogens is 3.